The van der Waals surface area contributed by atoms with Crippen LogP contribution in [0.3, 0.4) is 0 Å². The third kappa shape index (κ3) is 8.08. The SMILES string of the molecule is CC(C)OC(=O)[C@H](C)NP(=O)(N[C@@H](C)C(=O)OC(C)C)OC[C@H]1O[C@@](C#N)(c2ccc3c(N)ncnn23)[C@](C)(O)[C@@H]1OC(=O)C(C)C. The number of esters is 3. The molecule has 3 heterocycles. The Kier molecular flexibility index (Phi) is 11.8. The first kappa shape index (κ1) is 37.8. The first-order valence-corrected chi connectivity index (χ1v) is 16.7. The lowest BCUT2D eigenvalue weighted by molar-refractivity contribution is -0.168. The molecule has 0 spiro atoms. The van der Waals surface area contributed by atoms with E-state index in [1.807, 2.05) is 6.07 Å². The number of rotatable bonds is 14. The maximum absolute atomic E-state index is 14.3. The van der Waals surface area contributed by atoms with Gasteiger partial charge in [-0.25, -0.2) is 19.7 Å². The minimum Gasteiger partial charge on any atom is -0.462 e. The Bertz CT molecular complexity index is 1520. The van der Waals surface area contributed by atoms with Crippen LogP contribution in [-0.2, 0) is 48.0 Å². The number of carbonyl (C=O) groups excluding carboxylic acids is 3. The van der Waals surface area contributed by atoms with Gasteiger partial charge in [-0.05, 0) is 60.6 Å². The molecule has 0 unspecified atom stereocenters. The van der Waals surface area contributed by atoms with E-state index < -0.39 is 85.8 Å². The molecule has 0 bridgehead atoms. The summed E-state index contributed by atoms with van der Waals surface area (Å²) < 4.78 is 43.7. The maximum atomic E-state index is 14.3. The monoisotopic (exact) mass is 681 g/mol. The van der Waals surface area contributed by atoms with E-state index in [1.54, 1.807) is 41.5 Å². The van der Waals surface area contributed by atoms with Gasteiger partial charge < -0.3 is 34.3 Å². The summed E-state index contributed by atoms with van der Waals surface area (Å²) in [6.07, 6.45) is -2.78. The van der Waals surface area contributed by atoms with Gasteiger partial charge in [0.2, 0.25) is 5.60 Å². The van der Waals surface area contributed by atoms with Gasteiger partial charge in [-0.3, -0.25) is 18.9 Å². The van der Waals surface area contributed by atoms with Crippen LogP contribution in [0.2, 0.25) is 0 Å². The van der Waals surface area contributed by atoms with Crippen molar-refractivity contribution >= 4 is 36.9 Å². The molecule has 2 aromatic rings. The van der Waals surface area contributed by atoms with Crippen molar-refractivity contribution in [1.82, 2.24) is 24.8 Å². The molecule has 0 saturated carbocycles. The number of hydrogen-bond donors (Lipinski definition) is 4. The third-order valence-electron chi connectivity index (χ3n) is 7.21. The molecule has 0 aliphatic carbocycles. The van der Waals surface area contributed by atoms with Crippen LogP contribution in [0.15, 0.2) is 18.5 Å². The number of aliphatic hydroxyl groups is 1. The van der Waals surface area contributed by atoms with E-state index >= 15 is 0 Å². The summed E-state index contributed by atoms with van der Waals surface area (Å²) in [4.78, 5) is 42.0. The van der Waals surface area contributed by atoms with Crippen LogP contribution in [0.4, 0.5) is 5.82 Å². The highest BCUT2D eigenvalue weighted by Gasteiger charge is 2.67. The summed E-state index contributed by atoms with van der Waals surface area (Å²) in [6, 6.07) is 2.61. The van der Waals surface area contributed by atoms with Crippen molar-refractivity contribution in [1.29, 1.82) is 5.26 Å². The van der Waals surface area contributed by atoms with Crippen molar-refractivity contribution < 1.29 is 47.5 Å². The summed E-state index contributed by atoms with van der Waals surface area (Å²) in [5, 5.41) is 31.9. The fourth-order valence-corrected chi connectivity index (χ4v) is 6.66. The predicted molar refractivity (Wildman–Crippen MR) is 166 cm³/mol. The van der Waals surface area contributed by atoms with Gasteiger partial charge in [0, 0.05) is 0 Å². The molecule has 1 aliphatic rings. The number of ether oxygens (including phenoxy) is 4. The average molecular weight is 682 g/mol. The Morgan fingerprint density at radius 3 is 2.11 bits per heavy atom. The number of carbonyl (C=O) groups is 3. The highest BCUT2D eigenvalue weighted by Crippen LogP contribution is 2.50. The number of aromatic nitrogens is 3. The van der Waals surface area contributed by atoms with Gasteiger partial charge in [0.05, 0.1) is 30.4 Å². The molecule has 6 atom stereocenters. The Hall–Kier alpha value is -3.65. The van der Waals surface area contributed by atoms with Gasteiger partial charge in [-0.15, -0.1) is 0 Å². The zero-order valence-corrected chi connectivity index (χ0v) is 28.8. The molecule has 18 heteroatoms. The van der Waals surface area contributed by atoms with Crippen LogP contribution < -0.4 is 15.9 Å². The highest BCUT2D eigenvalue weighted by atomic mass is 31.2. The number of nitrogen functional groups attached to an aromatic ring is 1. The molecule has 2 aromatic heterocycles. The fraction of sp³-hybridized carbons (Fsp3) is 0.655. The maximum Gasteiger partial charge on any atom is 0.342 e. The van der Waals surface area contributed by atoms with Gasteiger partial charge in [0.1, 0.15) is 41.7 Å². The Morgan fingerprint density at radius 2 is 1.62 bits per heavy atom. The molecular formula is C29H44N7O10P. The Morgan fingerprint density at radius 1 is 1.06 bits per heavy atom. The van der Waals surface area contributed by atoms with Gasteiger partial charge in [-0.1, -0.05) is 13.8 Å². The molecule has 3 rings (SSSR count). The van der Waals surface area contributed by atoms with Crippen LogP contribution >= 0.6 is 7.67 Å². The van der Waals surface area contributed by atoms with Crippen molar-refractivity contribution in [3.8, 4) is 6.07 Å². The Labute approximate surface area is 273 Å². The second kappa shape index (κ2) is 14.6. The van der Waals surface area contributed by atoms with E-state index in [-0.39, 0.29) is 11.5 Å². The molecule has 5 N–H and O–H groups in total. The number of nitrogens with two attached hydrogens (primary N) is 1. The Balaban J connectivity index is 2.04. The van der Waals surface area contributed by atoms with Gasteiger partial charge >= 0.3 is 25.6 Å². The fourth-order valence-electron chi connectivity index (χ4n) is 4.85. The van der Waals surface area contributed by atoms with Gasteiger partial charge in [0.15, 0.2) is 11.9 Å². The van der Waals surface area contributed by atoms with Gasteiger partial charge in [-0.2, -0.15) is 10.4 Å². The second-order valence-corrected chi connectivity index (χ2v) is 14.2. The number of nitriles is 1. The number of anilines is 1. The zero-order chi connectivity index (χ0) is 35.5. The van der Waals surface area contributed by atoms with Crippen LogP contribution in [0.1, 0.15) is 68.0 Å². The standard InChI is InChI=1S/C29H44N7O10P/c1-15(2)25(37)45-23-21(46-29(13-30,28(23,9)40)22-11-10-20-24(31)32-14-33-36(20)22)12-42-47(41,34-18(7)26(38)43-16(3)4)35-19(8)27(39)44-17(5)6/h10-11,14-19,21,23,40H,12H2,1-9H3,(H2,31,32,33)(H2,34,35,41)/t18-,19-,21+,23+,28+,29-/m0/s1. The van der Waals surface area contributed by atoms with Crippen molar-refractivity contribution in [3.63, 3.8) is 0 Å². The highest BCUT2D eigenvalue weighted by molar-refractivity contribution is 7.54. The van der Waals surface area contributed by atoms with Crippen molar-refractivity contribution in [2.24, 2.45) is 5.92 Å². The summed E-state index contributed by atoms with van der Waals surface area (Å²) in [5.41, 5.74) is 1.86. The lowest BCUT2D eigenvalue weighted by Crippen LogP contribution is -2.54. The number of hydrogen-bond acceptors (Lipinski definition) is 14. The average Bonchev–Trinajstić information content (AvgIpc) is 3.49. The van der Waals surface area contributed by atoms with Crippen molar-refractivity contribution in [2.45, 2.75) is 110 Å². The first-order valence-electron chi connectivity index (χ1n) is 15.1. The second-order valence-electron chi connectivity index (χ2n) is 12.3. The summed E-state index contributed by atoms with van der Waals surface area (Å²) >= 11 is 0. The molecule has 1 saturated heterocycles. The van der Waals surface area contributed by atoms with E-state index in [9.17, 15) is 29.3 Å². The van der Waals surface area contributed by atoms with E-state index in [2.05, 4.69) is 20.3 Å². The van der Waals surface area contributed by atoms with Crippen molar-refractivity contribution in [2.75, 3.05) is 12.3 Å². The van der Waals surface area contributed by atoms with Crippen LogP contribution in [0, 0.1) is 17.2 Å². The molecule has 0 radical (unpaired) electrons. The molecule has 17 nitrogen and oxygen atoms in total. The quantitative estimate of drug-likeness (QED) is 0.126. The largest absolute Gasteiger partial charge is 0.462 e. The minimum absolute atomic E-state index is 0.0386. The summed E-state index contributed by atoms with van der Waals surface area (Å²) in [7, 11) is -4.39. The van der Waals surface area contributed by atoms with Gasteiger partial charge in [0.25, 0.3) is 0 Å². The van der Waals surface area contributed by atoms with Crippen molar-refractivity contribution in [3.05, 3.63) is 24.2 Å². The smallest absolute Gasteiger partial charge is 0.342 e. The molecule has 1 aliphatic heterocycles. The topological polar surface area (TPSA) is 239 Å². The molecular weight excluding hydrogens is 637 g/mol. The molecule has 0 amide bonds. The number of nitrogens with zero attached hydrogens (tertiary/aromatic N) is 4. The van der Waals surface area contributed by atoms with Crippen LogP contribution in [0.25, 0.3) is 5.52 Å². The third-order valence-corrected chi connectivity index (χ3v) is 9.17. The molecule has 260 valence electrons. The first-order chi connectivity index (χ1) is 21.8. The summed E-state index contributed by atoms with van der Waals surface area (Å²) in [5.74, 6) is -2.78. The van der Waals surface area contributed by atoms with E-state index in [0.717, 1.165) is 6.33 Å². The van der Waals surface area contributed by atoms with Crippen LogP contribution in [0.5, 0.6) is 0 Å². The molecule has 1 fully saturated rings. The van der Waals surface area contributed by atoms with E-state index in [0.29, 0.717) is 5.52 Å². The minimum atomic E-state index is -4.39. The normalized spacial score (nSPS) is 24.3. The number of fused-ring (bicyclic) bond motifs is 1. The van der Waals surface area contributed by atoms with Crippen LogP contribution in [-0.4, -0.2) is 86.3 Å². The lowest BCUT2D eigenvalue weighted by Gasteiger charge is -2.34. The molecule has 47 heavy (non-hydrogen) atoms. The zero-order valence-electron chi connectivity index (χ0n) is 27.9. The summed E-state index contributed by atoms with van der Waals surface area (Å²) in [6.45, 7) is 13.1. The number of nitrogens with one attached hydrogen (secondary N) is 2. The predicted octanol–water partition coefficient (Wildman–Crippen LogP) is 1.73. The van der Waals surface area contributed by atoms with E-state index in [4.69, 9.17) is 29.2 Å². The van der Waals surface area contributed by atoms with E-state index in [1.165, 1.54) is 37.4 Å². The lowest BCUT2D eigenvalue weighted by atomic mass is 9.80. The molecule has 0 aromatic carbocycles.